The third-order valence-corrected chi connectivity index (χ3v) is 3.82. The Hall–Kier alpha value is -2.12. The number of nitrogens with zero attached hydrogens (tertiary/aromatic N) is 2. The molecule has 1 saturated heterocycles. The van der Waals surface area contributed by atoms with Crippen molar-refractivity contribution in [2.45, 2.75) is 0 Å². The van der Waals surface area contributed by atoms with E-state index in [1.54, 1.807) is 19.5 Å². The third kappa shape index (κ3) is 3.20. The normalized spacial score (nSPS) is 14.7. The maximum Gasteiger partial charge on any atom is 0.165 e. The van der Waals surface area contributed by atoms with Gasteiger partial charge in [-0.2, -0.15) is 0 Å². The fourth-order valence-corrected chi connectivity index (χ4v) is 2.60. The lowest BCUT2D eigenvalue weighted by molar-refractivity contribution is 0.122. The first-order valence-corrected chi connectivity index (χ1v) is 7.50. The molecule has 1 aromatic heterocycles. The Kier molecular flexibility index (Phi) is 4.55. The Morgan fingerprint density at radius 1 is 1.41 bits per heavy atom. The number of benzene rings is 1. The second-order valence-corrected chi connectivity index (χ2v) is 5.28. The molecule has 1 aliphatic heterocycles. The molecule has 0 saturated carbocycles. The van der Waals surface area contributed by atoms with E-state index in [1.807, 2.05) is 18.2 Å². The molecule has 0 bridgehead atoms. The number of anilines is 2. The van der Waals surface area contributed by atoms with Crippen molar-refractivity contribution in [3.63, 3.8) is 0 Å². The summed E-state index contributed by atoms with van der Waals surface area (Å²) in [4.78, 5) is 9.95. The van der Waals surface area contributed by atoms with E-state index in [0.29, 0.717) is 10.8 Å². The summed E-state index contributed by atoms with van der Waals surface area (Å²) in [6.07, 6.45) is 3.41. The molecule has 7 heteroatoms. The summed E-state index contributed by atoms with van der Waals surface area (Å²) >= 11 is 5.37. The smallest absolute Gasteiger partial charge is 0.165 e. The Balaban J connectivity index is 1.83. The summed E-state index contributed by atoms with van der Waals surface area (Å²) in [5.41, 5.74) is 1.95. The molecular weight excluding hydrogens is 300 g/mol. The van der Waals surface area contributed by atoms with Crippen LogP contribution in [0.15, 0.2) is 30.6 Å². The summed E-state index contributed by atoms with van der Waals surface area (Å²) in [7, 11) is 1.64. The average molecular weight is 318 g/mol. The zero-order valence-electron chi connectivity index (χ0n) is 12.3. The number of rotatable bonds is 4. The fourth-order valence-electron chi connectivity index (χ4n) is 2.38. The minimum absolute atomic E-state index is 0.530. The molecular formula is C15H18N4O2S. The van der Waals surface area contributed by atoms with Gasteiger partial charge in [0.25, 0.3) is 0 Å². The Morgan fingerprint density at radius 2 is 2.23 bits per heavy atom. The van der Waals surface area contributed by atoms with Crippen LogP contribution in [0.3, 0.4) is 0 Å². The number of nitrogens with one attached hydrogen (secondary N) is 2. The molecule has 1 fully saturated rings. The molecule has 1 aliphatic rings. The van der Waals surface area contributed by atoms with Gasteiger partial charge in [-0.1, -0.05) is 12.2 Å². The van der Waals surface area contributed by atoms with Gasteiger partial charge >= 0.3 is 0 Å². The van der Waals surface area contributed by atoms with Crippen LogP contribution in [0.4, 0.5) is 11.4 Å². The number of thiocarbonyl (C=S) groups is 1. The van der Waals surface area contributed by atoms with Gasteiger partial charge in [-0.05, 0) is 18.2 Å². The van der Waals surface area contributed by atoms with Crippen LogP contribution in [0.2, 0.25) is 0 Å². The van der Waals surface area contributed by atoms with Gasteiger partial charge in [-0.3, -0.25) is 0 Å². The van der Waals surface area contributed by atoms with Crippen molar-refractivity contribution in [1.82, 2.24) is 9.97 Å². The number of hydrogen-bond acceptors (Lipinski definition) is 5. The highest BCUT2D eigenvalue weighted by Crippen LogP contribution is 2.30. The van der Waals surface area contributed by atoms with Gasteiger partial charge in [-0.15, -0.1) is 0 Å². The molecule has 22 heavy (non-hydrogen) atoms. The van der Waals surface area contributed by atoms with E-state index in [-0.39, 0.29) is 0 Å². The molecule has 0 radical (unpaired) electrons. The monoisotopic (exact) mass is 318 g/mol. The van der Waals surface area contributed by atoms with E-state index < -0.39 is 0 Å². The van der Waals surface area contributed by atoms with E-state index in [9.17, 15) is 0 Å². The number of H-pyrrole nitrogens is 1. The first kappa shape index (κ1) is 14.8. The van der Waals surface area contributed by atoms with Crippen LogP contribution in [-0.2, 0) is 4.74 Å². The Bertz CT molecular complexity index is 639. The Morgan fingerprint density at radius 3 is 2.91 bits per heavy atom. The second-order valence-electron chi connectivity index (χ2n) is 4.88. The maximum atomic E-state index is 5.41. The predicted octanol–water partition coefficient (Wildman–Crippen LogP) is 2.04. The van der Waals surface area contributed by atoms with Crippen LogP contribution in [0.25, 0.3) is 0 Å². The molecule has 1 aromatic carbocycles. The van der Waals surface area contributed by atoms with E-state index in [2.05, 4.69) is 20.2 Å². The molecule has 0 spiro atoms. The van der Waals surface area contributed by atoms with Crippen LogP contribution < -0.4 is 15.0 Å². The minimum Gasteiger partial charge on any atom is -0.495 e. The molecule has 0 aliphatic carbocycles. The van der Waals surface area contributed by atoms with E-state index in [1.165, 1.54) is 0 Å². The zero-order valence-corrected chi connectivity index (χ0v) is 13.2. The van der Waals surface area contributed by atoms with E-state index in [0.717, 1.165) is 43.4 Å². The van der Waals surface area contributed by atoms with Crippen LogP contribution in [0.5, 0.6) is 5.75 Å². The Labute approximate surface area is 134 Å². The highest BCUT2D eigenvalue weighted by atomic mass is 32.1. The molecule has 2 heterocycles. The summed E-state index contributed by atoms with van der Waals surface area (Å²) in [5, 5.41) is 3.20. The molecule has 2 N–H and O–H groups in total. The SMILES string of the molecule is COc1ccc(N2CCOCC2)cc1NC(=S)c1ncc[nH]1. The van der Waals surface area contributed by atoms with E-state index >= 15 is 0 Å². The predicted molar refractivity (Wildman–Crippen MR) is 89.9 cm³/mol. The number of ether oxygens (including phenoxy) is 2. The van der Waals surface area contributed by atoms with Crippen molar-refractivity contribution in [3.8, 4) is 5.75 Å². The van der Waals surface area contributed by atoms with Gasteiger partial charge in [0, 0.05) is 31.2 Å². The number of aromatic nitrogens is 2. The van der Waals surface area contributed by atoms with Crippen LogP contribution >= 0.6 is 12.2 Å². The number of morpholine rings is 1. The summed E-state index contributed by atoms with van der Waals surface area (Å²) < 4.78 is 10.8. The molecule has 0 unspecified atom stereocenters. The standard InChI is InChI=1S/C15H18N4O2S/c1-20-13-3-2-11(19-6-8-21-9-7-19)10-12(13)18-15(22)14-16-4-5-17-14/h2-5,10H,6-9H2,1H3,(H,16,17)(H,18,22). The fraction of sp³-hybridized carbons (Fsp3) is 0.333. The van der Waals surface area contributed by atoms with Crippen molar-refractivity contribution in [1.29, 1.82) is 0 Å². The first-order valence-electron chi connectivity index (χ1n) is 7.09. The molecule has 2 aromatic rings. The highest BCUT2D eigenvalue weighted by molar-refractivity contribution is 7.81. The van der Waals surface area contributed by atoms with Crippen molar-refractivity contribution >= 4 is 28.6 Å². The maximum absolute atomic E-state index is 5.41. The molecule has 0 atom stereocenters. The van der Waals surface area contributed by atoms with Crippen molar-refractivity contribution in [3.05, 3.63) is 36.4 Å². The lowest BCUT2D eigenvalue weighted by Gasteiger charge is -2.29. The number of hydrogen-bond donors (Lipinski definition) is 2. The van der Waals surface area contributed by atoms with Gasteiger partial charge in [0.2, 0.25) is 0 Å². The topological polar surface area (TPSA) is 62.4 Å². The summed E-state index contributed by atoms with van der Waals surface area (Å²) in [6.45, 7) is 3.27. The molecule has 116 valence electrons. The number of imidazole rings is 1. The van der Waals surface area contributed by atoms with Crippen LogP contribution in [-0.4, -0.2) is 48.4 Å². The number of aromatic amines is 1. The summed E-state index contributed by atoms with van der Waals surface area (Å²) in [6, 6.07) is 6.03. The van der Waals surface area contributed by atoms with Crippen molar-refractivity contribution < 1.29 is 9.47 Å². The third-order valence-electron chi connectivity index (χ3n) is 3.52. The van der Waals surface area contributed by atoms with Gasteiger partial charge in [0.05, 0.1) is 26.0 Å². The van der Waals surface area contributed by atoms with Gasteiger partial charge in [0.1, 0.15) is 10.7 Å². The second kappa shape index (κ2) is 6.76. The number of methoxy groups -OCH3 is 1. The minimum atomic E-state index is 0.530. The molecule has 0 amide bonds. The molecule has 3 rings (SSSR count). The van der Waals surface area contributed by atoms with Crippen molar-refractivity contribution in [2.24, 2.45) is 0 Å². The summed E-state index contributed by atoms with van der Waals surface area (Å²) in [5.74, 6) is 1.37. The van der Waals surface area contributed by atoms with Crippen molar-refractivity contribution in [2.75, 3.05) is 43.6 Å². The lowest BCUT2D eigenvalue weighted by Crippen LogP contribution is -2.36. The largest absolute Gasteiger partial charge is 0.495 e. The van der Waals surface area contributed by atoms with Gasteiger partial charge < -0.3 is 24.7 Å². The van der Waals surface area contributed by atoms with Crippen LogP contribution in [0.1, 0.15) is 5.82 Å². The zero-order chi connectivity index (χ0) is 15.4. The lowest BCUT2D eigenvalue weighted by atomic mass is 10.2. The van der Waals surface area contributed by atoms with E-state index in [4.69, 9.17) is 21.7 Å². The first-order chi connectivity index (χ1) is 10.8. The quantitative estimate of drug-likeness (QED) is 0.841. The average Bonchev–Trinajstić information content (AvgIpc) is 3.10. The van der Waals surface area contributed by atoms with Crippen LogP contribution in [0, 0.1) is 0 Å². The molecule has 6 nitrogen and oxygen atoms in total. The highest BCUT2D eigenvalue weighted by Gasteiger charge is 2.14. The van der Waals surface area contributed by atoms with Gasteiger partial charge in [-0.25, -0.2) is 4.98 Å². The van der Waals surface area contributed by atoms with Gasteiger partial charge in [0.15, 0.2) is 5.82 Å².